The molecule has 23 heavy (non-hydrogen) atoms. The van der Waals surface area contributed by atoms with Gasteiger partial charge >= 0.3 is 0 Å². The van der Waals surface area contributed by atoms with Gasteiger partial charge in [0.2, 0.25) is 0 Å². The molecule has 0 aliphatic rings. The predicted molar refractivity (Wildman–Crippen MR) is 96.1 cm³/mol. The summed E-state index contributed by atoms with van der Waals surface area (Å²) in [7, 11) is 4.07. The van der Waals surface area contributed by atoms with Crippen molar-refractivity contribution in [1.82, 2.24) is 10.2 Å². The van der Waals surface area contributed by atoms with Crippen LogP contribution in [0.2, 0.25) is 0 Å². The first-order chi connectivity index (χ1) is 10.7. The number of hydrogen-bond donors (Lipinski definition) is 1. The summed E-state index contributed by atoms with van der Waals surface area (Å²) in [6, 6.07) is 6.34. The molecule has 0 fully saturated rings. The summed E-state index contributed by atoms with van der Waals surface area (Å²) in [6.45, 7) is 11.1. The third-order valence-electron chi connectivity index (χ3n) is 3.95. The highest BCUT2D eigenvalue weighted by atomic mass is 16.5. The molecule has 0 spiro atoms. The summed E-state index contributed by atoms with van der Waals surface area (Å²) >= 11 is 0. The molecular weight excluding hydrogens is 288 g/mol. The largest absolute Gasteiger partial charge is 0.481 e. The van der Waals surface area contributed by atoms with E-state index in [0.29, 0.717) is 5.92 Å². The van der Waals surface area contributed by atoms with E-state index in [1.807, 2.05) is 34.0 Å². The number of hydrogen-bond acceptors (Lipinski definition) is 3. The number of aryl methyl sites for hydroxylation is 1. The highest BCUT2D eigenvalue weighted by Gasteiger charge is 2.18. The Labute approximate surface area is 141 Å². The zero-order valence-electron chi connectivity index (χ0n) is 15.6. The summed E-state index contributed by atoms with van der Waals surface area (Å²) in [5.41, 5.74) is 2.27. The maximum absolute atomic E-state index is 12.3. The average Bonchev–Trinajstić information content (AvgIpc) is 2.46. The minimum absolute atomic E-state index is 0.0643. The monoisotopic (exact) mass is 320 g/mol. The lowest BCUT2D eigenvalue weighted by Crippen LogP contribution is -2.42. The molecule has 0 heterocycles. The van der Waals surface area contributed by atoms with Gasteiger partial charge < -0.3 is 15.0 Å². The van der Waals surface area contributed by atoms with E-state index in [1.54, 1.807) is 6.92 Å². The lowest BCUT2D eigenvalue weighted by atomic mass is 10.0. The highest BCUT2D eigenvalue weighted by Crippen LogP contribution is 2.25. The van der Waals surface area contributed by atoms with E-state index in [4.69, 9.17) is 4.74 Å². The van der Waals surface area contributed by atoms with E-state index in [2.05, 4.69) is 36.2 Å². The minimum atomic E-state index is -0.502. The van der Waals surface area contributed by atoms with Crippen LogP contribution < -0.4 is 10.1 Å². The Balaban J connectivity index is 2.63. The second-order valence-electron chi connectivity index (χ2n) is 6.94. The molecule has 0 aromatic heterocycles. The van der Waals surface area contributed by atoms with E-state index in [0.717, 1.165) is 24.3 Å². The van der Waals surface area contributed by atoms with Crippen molar-refractivity contribution >= 4 is 5.91 Å². The number of amides is 1. The Morgan fingerprint density at radius 3 is 2.43 bits per heavy atom. The normalized spacial score (nSPS) is 14.0. The van der Waals surface area contributed by atoms with Gasteiger partial charge in [0.25, 0.3) is 5.91 Å². The maximum atomic E-state index is 12.3. The summed E-state index contributed by atoms with van der Waals surface area (Å²) < 4.78 is 5.90. The molecule has 4 nitrogen and oxygen atoms in total. The second-order valence-corrected chi connectivity index (χ2v) is 6.94. The average molecular weight is 320 g/mol. The van der Waals surface area contributed by atoms with Crippen LogP contribution in [0.1, 0.15) is 51.2 Å². The maximum Gasteiger partial charge on any atom is 0.260 e. The number of carbonyl (C=O) groups excluding carboxylic acids is 1. The number of benzene rings is 1. The van der Waals surface area contributed by atoms with Crippen LogP contribution in [0.25, 0.3) is 0 Å². The van der Waals surface area contributed by atoms with Crippen LogP contribution in [0.15, 0.2) is 18.2 Å². The number of ether oxygens (including phenoxy) is 1. The van der Waals surface area contributed by atoms with Gasteiger partial charge in [0, 0.05) is 6.04 Å². The molecule has 1 aromatic carbocycles. The summed E-state index contributed by atoms with van der Waals surface area (Å²) in [6.07, 6.45) is 0.422. The molecule has 4 heteroatoms. The molecule has 0 aliphatic heterocycles. The molecule has 2 atom stereocenters. The molecule has 0 saturated carbocycles. The van der Waals surface area contributed by atoms with Crippen LogP contribution in [0.3, 0.4) is 0 Å². The summed E-state index contributed by atoms with van der Waals surface area (Å²) in [4.78, 5) is 14.4. The standard InChI is InChI=1S/C19H32N2O2/c1-13(2)17-9-8-14(3)18(12-17)23-16(5)19(22)20-15(4)10-11-21(6)7/h8-9,12-13,15-16H,10-11H2,1-7H3,(H,20,22). The van der Waals surface area contributed by atoms with Crippen molar-refractivity contribution in [3.63, 3.8) is 0 Å². The van der Waals surface area contributed by atoms with E-state index >= 15 is 0 Å². The first kappa shape index (κ1) is 19.5. The van der Waals surface area contributed by atoms with E-state index in [9.17, 15) is 4.79 Å². The molecule has 0 saturated heterocycles. The van der Waals surface area contributed by atoms with Crippen molar-refractivity contribution < 1.29 is 9.53 Å². The van der Waals surface area contributed by atoms with Gasteiger partial charge in [-0.3, -0.25) is 4.79 Å². The smallest absolute Gasteiger partial charge is 0.260 e. The Kier molecular flexibility index (Phi) is 7.56. The van der Waals surface area contributed by atoms with Crippen LogP contribution in [0.5, 0.6) is 5.75 Å². The number of carbonyl (C=O) groups is 1. The summed E-state index contributed by atoms with van der Waals surface area (Å²) in [5, 5.41) is 3.02. The van der Waals surface area contributed by atoms with E-state index in [1.165, 1.54) is 5.56 Å². The van der Waals surface area contributed by atoms with Crippen LogP contribution in [0, 0.1) is 6.92 Å². The molecule has 1 rings (SSSR count). The fourth-order valence-corrected chi connectivity index (χ4v) is 2.23. The van der Waals surface area contributed by atoms with E-state index in [-0.39, 0.29) is 11.9 Å². The molecule has 0 radical (unpaired) electrons. The van der Waals surface area contributed by atoms with Crippen molar-refractivity contribution in [2.24, 2.45) is 0 Å². The molecule has 2 unspecified atom stereocenters. The first-order valence-corrected chi connectivity index (χ1v) is 8.43. The van der Waals surface area contributed by atoms with Crippen molar-refractivity contribution in [3.8, 4) is 5.75 Å². The zero-order valence-corrected chi connectivity index (χ0v) is 15.6. The van der Waals surface area contributed by atoms with Crippen molar-refractivity contribution in [1.29, 1.82) is 0 Å². The lowest BCUT2D eigenvalue weighted by molar-refractivity contribution is -0.127. The molecule has 1 aromatic rings. The number of rotatable bonds is 8. The zero-order chi connectivity index (χ0) is 17.6. The fourth-order valence-electron chi connectivity index (χ4n) is 2.23. The van der Waals surface area contributed by atoms with Crippen LogP contribution in [-0.4, -0.2) is 43.6 Å². The molecule has 130 valence electrons. The molecule has 1 amide bonds. The Morgan fingerprint density at radius 1 is 1.22 bits per heavy atom. The van der Waals surface area contributed by atoms with Gasteiger partial charge in [-0.25, -0.2) is 0 Å². The van der Waals surface area contributed by atoms with Gasteiger partial charge in [0.15, 0.2) is 6.10 Å². The van der Waals surface area contributed by atoms with Crippen molar-refractivity contribution in [2.45, 2.75) is 59.1 Å². The molecular formula is C19H32N2O2. The third kappa shape index (κ3) is 6.61. The van der Waals surface area contributed by atoms with E-state index < -0.39 is 6.10 Å². The third-order valence-corrected chi connectivity index (χ3v) is 3.95. The molecule has 1 N–H and O–H groups in total. The van der Waals surface area contributed by atoms with Crippen molar-refractivity contribution in [3.05, 3.63) is 29.3 Å². The second kappa shape index (κ2) is 8.92. The summed E-state index contributed by atoms with van der Waals surface area (Å²) in [5.74, 6) is 1.17. The number of nitrogens with zero attached hydrogens (tertiary/aromatic N) is 1. The van der Waals surface area contributed by atoms with Gasteiger partial charge in [-0.15, -0.1) is 0 Å². The molecule has 0 bridgehead atoms. The quantitative estimate of drug-likeness (QED) is 0.799. The predicted octanol–water partition coefficient (Wildman–Crippen LogP) is 3.34. The van der Waals surface area contributed by atoms with Gasteiger partial charge in [-0.1, -0.05) is 26.0 Å². The van der Waals surface area contributed by atoms with Crippen molar-refractivity contribution in [2.75, 3.05) is 20.6 Å². The fraction of sp³-hybridized carbons (Fsp3) is 0.632. The Hall–Kier alpha value is -1.55. The van der Waals surface area contributed by atoms with Gasteiger partial charge in [0.05, 0.1) is 0 Å². The topological polar surface area (TPSA) is 41.6 Å². The highest BCUT2D eigenvalue weighted by molar-refractivity contribution is 5.81. The minimum Gasteiger partial charge on any atom is -0.481 e. The van der Waals surface area contributed by atoms with Gasteiger partial charge in [0.1, 0.15) is 5.75 Å². The Bertz CT molecular complexity index is 512. The van der Waals surface area contributed by atoms with Crippen LogP contribution in [0.4, 0.5) is 0 Å². The first-order valence-electron chi connectivity index (χ1n) is 8.43. The SMILES string of the molecule is Cc1ccc(C(C)C)cc1OC(C)C(=O)NC(C)CCN(C)C. The Morgan fingerprint density at radius 2 is 1.87 bits per heavy atom. The van der Waals surface area contributed by atoms with Gasteiger partial charge in [-0.05, 0) is 70.9 Å². The van der Waals surface area contributed by atoms with Crippen LogP contribution >= 0.6 is 0 Å². The van der Waals surface area contributed by atoms with Gasteiger partial charge in [-0.2, -0.15) is 0 Å². The molecule has 0 aliphatic carbocycles. The lowest BCUT2D eigenvalue weighted by Gasteiger charge is -2.21. The number of nitrogens with one attached hydrogen (secondary N) is 1. The van der Waals surface area contributed by atoms with Crippen LogP contribution in [-0.2, 0) is 4.79 Å².